The van der Waals surface area contributed by atoms with Crippen molar-refractivity contribution in [3.63, 3.8) is 0 Å². The van der Waals surface area contributed by atoms with E-state index in [4.69, 9.17) is 11.6 Å². The van der Waals surface area contributed by atoms with E-state index in [9.17, 15) is 5.11 Å². The highest BCUT2D eigenvalue weighted by Crippen LogP contribution is 2.18. The first-order chi connectivity index (χ1) is 7.25. The molecule has 1 aromatic rings. The van der Waals surface area contributed by atoms with E-state index in [1.54, 1.807) is 17.0 Å². The summed E-state index contributed by atoms with van der Waals surface area (Å²) in [5.41, 5.74) is 0.847. The molecule has 76 valence electrons. The number of nitrogens with zero attached hydrogens (tertiary/aromatic N) is 3. The molecule has 1 aliphatic rings. The Kier molecular flexibility index (Phi) is 2.69. The number of allylic oxidation sites excluding steroid dienone is 1. The van der Waals surface area contributed by atoms with Gasteiger partial charge < -0.3 is 10.0 Å². The summed E-state index contributed by atoms with van der Waals surface area (Å²) in [6.45, 7) is 0. The van der Waals surface area contributed by atoms with Gasteiger partial charge in [0.05, 0.1) is 12.4 Å². The van der Waals surface area contributed by atoms with Crippen molar-refractivity contribution in [3.8, 4) is 0 Å². The minimum absolute atomic E-state index is 0.0439. The summed E-state index contributed by atoms with van der Waals surface area (Å²) in [7, 11) is 0. The van der Waals surface area contributed by atoms with E-state index >= 15 is 0 Å². The van der Waals surface area contributed by atoms with Gasteiger partial charge in [0.1, 0.15) is 6.34 Å². The Morgan fingerprint density at radius 3 is 2.60 bits per heavy atom. The number of benzene rings is 1. The molecule has 0 aromatic heterocycles. The molecule has 4 nitrogen and oxygen atoms in total. The third-order valence-corrected chi connectivity index (χ3v) is 2.08. The van der Waals surface area contributed by atoms with Crippen LogP contribution < -0.4 is 4.90 Å². The van der Waals surface area contributed by atoms with E-state index in [1.807, 2.05) is 12.1 Å². The Hall–Kier alpha value is -1.81. The Morgan fingerprint density at radius 1 is 1.13 bits per heavy atom. The molecule has 0 fully saturated rings. The molecular weight excluding hydrogens is 214 g/mol. The lowest BCUT2D eigenvalue weighted by Gasteiger charge is -2.13. The van der Waals surface area contributed by atoms with Gasteiger partial charge >= 0.3 is 0 Å². The molecule has 0 spiro atoms. The Morgan fingerprint density at radius 2 is 1.87 bits per heavy atom. The van der Waals surface area contributed by atoms with Crippen LogP contribution in [0, 0.1) is 0 Å². The number of aliphatic hydroxyl groups is 1. The first kappa shape index (κ1) is 9.73. The monoisotopic (exact) mass is 221 g/mol. The molecule has 1 heterocycles. The topological polar surface area (TPSA) is 48.2 Å². The van der Waals surface area contributed by atoms with Crippen molar-refractivity contribution in [2.24, 2.45) is 10.2 Å². The third-order valence-electron chi connectivity index (χ3n) is 1.83. The van der Waals surface area contributed by atoms with Gasteiger partial charge in [-0.05, 0) is 24.3 Å². The number of hydrogen-bond acceptors (Lipinski definition) is 4. The molecule has 0 amide bonds. The summed E-state index contributed by atoms with van der Waals surface area (Å²) in [5, 5.41) is 17.3. The quantitative estimate of drug-likeness (QED) is 0.792. The highest BCUT2D eigenvalue weighted by Gasteiger charge is 2.03. The predicted molar refractivity (Wildman–Crippen MR) is 61.6 cm³/mol. The largest absolute Gasteiger partial charge is 0.505 e. The predicted octanol–water partition coefficient (Wildman–Crippen LogP) is 2.57. The zero-order chi connectivity index (χ0) is 10.7. The fourth-order valence-corrected chi connectivity index (χ4v) is 1.27. The van der Waals surface area contributed by atoms with Crippen LogP contribution in [0.1, 0.15) is 0 Å². The molecule has 0 bridgehead atoms. The zero-order valence-electron chi connectivity index (χ0n) is 7.71. The van der Waals surface area contributed by atoms with Crippen LogP contribution in [-0.2, 0) is 0 Å². The smallest absolute Gasteiger partial charge is 0.152 e. The highest BCUT2D eigenvalue weighted by atomic mass is 35.5. The van der Waals surface area contributed by atoms with Crippen LogP contribution in [0.4, 0.5) is 5.69 Å². The number of hydrogen-bond donors (Lipinski definition) is 1. The van der Waals surface area contributed by atoms with Crippen LogP contribution in [-0.4, -0.2) is 17.7 Å². The lowest BCUT2D eigenvalue weighted by Crippen LogP contribution is -2.13. The lowest BCUT2D eigenvalue weighted by atomic mass is 10.3. The second-order valence-electron chi connectivity index (χ2n) is 2.91. The summed E-state index contributed by atoms with van der Waals surface area (Å²) in [6, 6.07) is 7.18. The molecule has 0 saturated carbocycles. The number of rotatable bonds is 1. The van der Waals surface area contributed by atoms with Crippen molar-refractivity contribution >= 4 is 29.8 Å². The fraction of sp³-hybridized carbons (Fsp3) is 0. The van der Waals surface area contributed by atoms with Crippen LogP contribution in [0.3, 0.4) is 0 Å². The third kappa shape index (κ3) is 2.35. The van der Waals surface area contributed by atoms with Crippen molar-refractivity contribution in [2.45, 2.75) is 0 Å². The number of aliphatic hydroxyl groups excluding tert-OH is 1. The SMILES string of the molecule is OC1=CN(c2ccc(Cl)cc2)C=NN=C1. The number of anilines is 1. The molecule has 1 aromatic carbocycles. The molecule has 1 N–H and O–H groups in total. The molecule has 2 rings (SSSR count). The average Bonchev–Trinajstić information content (AvgIpc) is 2.44. The van der Waals surface area contributed by atoms with Gasteiger partial charge in [-0.3, -0.25) is 0 Å². The minimum atomic E-state index is 0.0439. The molecule has 15 heavy (non-hydrogen) atoms. The average molecular weight is 222 g/mol. The van der Waals surface area contributed by atoms with Crippen LogP contribution in [0.25, 0.3) is 0 Å². The molecule has 0 radical (unpaired) electrons. The van der Waals surface area contributed by atoms with Crippen molar-refractivity contribution in [1.82, 2.24) is 0 Å². The van der Waals surface area contributed by atoms with Gasteiger partial charge in [0.15, 0.2) is 5.76 Å². The van der Waals surface area contributed by atoms with Gasteiger partial charge in [-0.2, -0.15) is 5.10 Å². The van der Waals surface area contributed by atoms with Crippen LogP contribution >= 0.6 is 11.6 Å². The van der Waals surface area contributed by atoms with Gasteiger partial charge in [-0.25, -0.2) is 0 Å². The van der Waals surface area contributed by atoms with E-state index < -0.39 is 0 Å². The van der Waals surface area contributed by atoms with E-state index in [-0.39, 0.29) is 5.76 Å². The van der Waals surface area contributed by atoms with Crippen molar-refractivity contribution in [2.75, 3.05) is 4.90 Å². The van der Waals surface area contributed by atoms with Crippen molar-refractivity contribution < 1.29 is 5.11 Å². The van der Waals surface area contributed by atoms with Gasteiger partial charge in [0.2, 0.25) is 0 Å². The van der Waals surface area contributed by atoms with Gasteiger partial charge in [0, 0.05) is 10.7 Å². The van der Waals surface area contributed by atoms with E-state index in [1.165, 1.54) is 18.8 Å². The van der Waals surface area contributed by atoms with Crippen LogP contribution in [0.5, 0.6) is 0 Å². The molecule has 0 atom stereocenters. The first-order valence-corrected chi connectivity index (χ1v) is 4.65. The standard InChI is InChI=1S/C10H8ClN3O/c11-8-1-3-9(4-2-8)14-6-10(15)5-12-13-7-14/h1-7,15H. The van der Waals surface area contributed by atoms with E-state index in [2.05, 4.69) is 10.2 Å². The fourth-order valence-electron chi connectivity index (χ4n) is 1.14. The zero-order valence-corrected chi connectivity index (χ0v) is 8.46. The Bertz CT molecular complexity index is 436. The number of halogens is 1. The molecule has 0 saturated heterocycles. The lowest BCUT2D eigenvalue weighted by molar-refractivity contribution is 0.445. The second kappa shape index (κ2) is 4.14. The highest BCUT2D eigenvalue weighted by molar-refractivity contribution is 6.30. The summed E-state index contributed by atoms with van der Waals surface area (Å²) < 4.78 is 0. The molecule has 0 unspecified atom stereocenters. The maximum absolute atomic E-state index is 9.34. The van der Waals surface area contributed by atoms with Crippen molar-refractivity contribution in [3.05, 3.63) is 41.2 Å². The summed E-state index contributed by atoms with van der Waals surface area (Å²) in [5.74, 6) is 0.0439. The molecule has 5 heteroatoms. The Balaban J connectivity index is 2.31. The van der Waals surface area contributed by atoms with Gasteiger partial charge in [0.25, 0.3) is 0 Å². The van der Waals surface area contributed by atoms with Gasteiger partial charge in [-0.15, -0.1) is 5.10 Å². The van der Waals surface area contributed by atoms with Crippen LogP contribution in [0.2, 0.25) is 5.02 Å². The van der Waals surface area contributed by atoms with Crippen LogP contribution in [0.15, 0.2) is 46.4 Å². The van der Waals surface area contributed by atoms with E-state index in [0.717, 1.165) is 5.69 Å². The second-order valence-corrected chi connectivity index (χ2v) is 3.35. The summed E-state index contributed by atoms with van der Waals surface area (Å²) >= 11 is 5.77. The normalized spacial score (nSPS) is 15.0. The maximum atomic E-state index is 9.34. The van der Waals surface area contributed by atoms with E-state index in [0.29, 0.717) is 5.02 Å². The summed E-state index contributed by atoms with van der Waals surface area (Å²) in [4.78, 5) is 1.65. The molecule has 1 aliphatic heterocycles. The Labute approximate surface area is 91.8 Å². The maximum Gasteiger partial charge on any atom is 0.152 e. The summed E-state index contributed by atoms with van der Waals surface area (Å²) in [6.07, 6.45) is 4.29. The van der Waals surface area contributed by atoms with Gasteiger partial charge in [-0.1, -0.05) is 11.6 Å². The molecule has 0 aliphatic carbocycles. The first-order valence-electron chi connectivity index (χ1n) is 4.27. The van der Waals surface area contributed by atoms with Crippen molar-refractivity contribution in [1.29, 1.82) is 0 Å². The molecular formula is C10H8ClN3O. The minimum Gasteiger partial charge on any atom is -0.505 e.